The summed E-state index contributed by atoms with van der Waals surface area (Å²) < 4.78 is 19.4. The Bertz CT molecular complexity index is 1920. The lowest BCUT2D eigenvalue weighted by atomic mass is 9.95. The van der Waals surface area contributed by atoms with Crippen LogP contribution in [0.25, 0.3) is 6.08 Å². The van der Waals surface area contributed by atoms with Gasteiger partial charge in [0.2, 0.25) is 0 Å². The summed E-state index contributed by atoms with van der Waals surface area (Å²) in [7, 11) is 1.53. The molecule has 0 saturated carbocycles. The minimum Gasteiger partial charge on any atom is -0.494 e. The summed E-state index contributed by atoms with van der Waals surface area (Å²) in [5.41, 5.74) is 2.74. The molecule has 10 heteroatoms. The minimum absolute atomic E-state index is 0.0813. The van der Waals surface area contributed by atoms with Crippen molar-refractivity contribution in [2.75, 3.05) is 25.6 Å². The predicted octanol–water partition coefficient (Wildman–Crippen LogP) is 5.06. The Balaban J connectivity index is 1.64. The molecule has 5 rings (SSSR count). The Kier molecular flexibility index (Phi) is 9.14. The van der Waals surface area contributed by atoms with E-state index in [0.717, 1.165) is 5.56 Å². The number of rotatable bonds is 9. The normalized spacial score (nSPS) is 14.4. The van der Waals surface area contributed by atoms with Crippen molar-refractivity contribution in [3.05, 3.63) is 113 Å². The number of amides is 1. The van der Waals surface area contributed by atoms with Crippen LogP contribution in [0.2, 0.25) is 0 Å². The van der Waals surface area contributed by atoms with Gasteiger partial charge in [0.15, 0.2) is 16.3 Å². The number of nitrogens with one attached hydrogen (secondary N) is 1. The van der Waals surface area contributed by atoms with Gasteiger partial charge in [-0.2, -0.15) is 0 Å². The molecule has 1 N–H and O–H groups in total. The monoisotopic (exact) mass is 657 g/mol. The first kappa shape index (κ1) is 29.9. The number of para-hydroxylation sites is 1. The molecule has 1 atom stereocenters. The molecule has 1 aliphatic heterocycles. The summed E-state index contributed by atoms with van der Waals surface area (Å²) in [4.78, 5) is 33.0. The number of carbonyl (C=O) groups is 1. The maximum Gasteiger partial charge on any atom is 0.271 e. The quantitative estimate of drug-likeness (QED) is 0.254. The number of carbonyl (C=O) groups excluding carboxylic acids is 1. The van der Waals surface area contributed by atoms with E-state index in [1.54, 1.807) is 23.6 Å². The second-order valence-electron chi connectivity index (χ2n) is 9.43. The summed E-state index contributed by atoms with van der Waals surface area (Å²) in [6, 6.07) is 19.5. The van der Waals surface area contributed by atoms with Crippen LogP contribution in [0.4, 0.5) is 5.69 Å². The number of methoxy groups -OCH3 is 1. The first-order valence-electron chi connectivity index (χ1n) is 13.4. The first-order chi connectivity index (χ1) is 20.8. The van der Waals surface area contributed by atoms with Crippen LogP contribution in [0.1, 0.15) is 31.0 Å². The second-order valence-corrected chi connectivity index (χ2v) is 11.3. The van der Waals surface area contributed by atoms with Gasteiger partial charge in [0.05, 0.1) is 40.0 Å². The van der Waals surface area contributed by atoms with E-state index < -0.39 is 6.04 Å². The van der Waals surface area contributed by atoms with Crippen molar-refractivity contribution >= 4 is 44.9 Å². The fourth-order valence-electron chi connectivity index (χ4n) is 4.79. The summed E-state index contributed by atoms with van der Waals surface area (Å²) in [5.74, 6) is 3.74. The smallest absolute Gasteiger partial charge is 0.271 e. The third-order valence-corrected chi connectivity index (χ3v) is 8.23. The zero-order chi connectivity index (χ0) is 30.5. The van der Waals surface area contributed by atoms with Crippen LogP contribution in [0.3, 0.4) is 0 Å². The summed E-state index contributed by atoms with van der Waals surface area (Å²) in [6.07, 6.45) is 7.11. The topological polar surface area (TPSA) is 91.2 Å². The van der Waals surface area contributed by atoms with Crippen LogP contribution in [-0.4, -0.2) is 30.8 Å². The van der Waals surface area contributed by atoms with E-state index in [4.69, 9.17) is 25.6 Å². The number of hydrogen-bond donors (Lipinski definition) is 1. The lowest BCUT2D eigenvalue weighted by Crippen LogP contribution is -2.40. The van der Waals surface area contributed by atoms with Crippen molar-refractivity contribution in [1.82, 2.24) is 4.57 Å². The molecule has 0 bridgehead atoms. The lowest BCUT2D eigenvalue weighted by molar-refractivity contribution is -0.113. The molecular formula is C33H28BrN3O5S. The van der Waals surface area contributed by atoms with Crippen molar-refractivity contribution < 1.29 is 19.0 Å². The van der Waals surface area contributed by atoms with Gasteiger partial charge in [-0.15, -0.1) is 6.42 Å². The summed E-state index contributed by atoms with van der Waals surface area (Å²) in [6.45, 7) is 4.31. The van der Waals surface area contributed by atoms with Gasteiger partial charge in [-0.05, 0) is 83.4 Å². The zero-order valence-electron chi connectivity index (χ0n) is 23.7. The third kappa shape index (κ3) is 6.28. The van der Waals surface area contributed by atoms with Crippen LogP contribution < -0.4 is 34.4 Å². The van der Waals surface area contributed by atoms with E-state index in [0.29, 0.717) is 60.2 Å². The van der Waals surface area contributed by atoms with E-state index in [1.807, 2.05) is 67.6 Å². The van der Waals surface area contributed by atoms with Gasteiger partial charge in [0.25, 0.3) is 11.5 Å². The van der Waals surface area contributed by atoms with E-state index >= 15 is 0 Å². The third-order valence-electron chi connectivity index (χ3n) is 6.65. The van der Waals surface area contributed by atoms with E-state index in [1.165, 1.54) is 18.4 Å². The van der Waals surface area contributed by atoms with Crippen molar-refractivity contribution in [1.29, 1.82) is 0 Å². The number of thiazole rings is 1. The van der Waals surface area contributed by atoms with E-state index in [2.05, 4.69) is 27.2 Å². The molecule has 1 aliphatic rings. The van der Waals surface area contributed by atoms with Gasteiger partial charge in [0.1, 0.15) is 12.4 Å². The predicted molar refractivity (Wildman–Crippen MR) is 171 cm³/mol. The maximum absolute atomic E-state index is 14.1. The number of nitrogens with zero attached hydrogens (tertiary/aromatic N) is 2. The van der Waals surface area contributed by atoms with Crippen molar-refractivity contribution in [3.63, 3.8) is 0 Å². The summed E-state index contributed by atoms with van der Waals surface area (Å²) in [5, 5.41) is 2.96. The van der Waals surface area contributed by atoms with E-state index in [9.17, 15) is 9.59 Å². The molecule has 0 unspecified atom stereocenters. The number of allylic oxidation sites excluding steroid dienone is 1. The highest BCUT2D eigenvalue weighted by atomic mass is 79.9. The van der Waals surface area contributed by atoms with Gasteiger partial charge in [-0.1, -0.05) is 47.6 Å². The Morgan fingerprint density at radius 2 is 1.91 bits per heavy atom. The van der Waals surface area contributed by atoms with Crippen LogP contribution >= 0.6 is 27.3 Å². The molecule has 0 aliphatic carbocycles. The summed E-state index contributed by atoms with van der Waals surface area (Å²) >= 11 is 4.77. The van der Waals surface area contributed by atoms with Crippen LogP contribution in [-0.2, 0) is 4.79 Å². The largest absolute Gasteiger partial charge is 0.494 e. The van der Waals surface area contributed by atoms with Crippen LogP contribution in [0.5, 0.6) is 17.2 Å². The second kappa shape index (κ2) is 13.2. The fourth-order valence-corrected chi connectivity index (χ4v) is 6.41. The number of ether oxygens (including phenoxy) is 3. The standard InChI is InChI=1S/C33H28BrN3O5S/c1-5-16-42-30-25(34)17-21(18-26(30)40-4)19-27-32(39)37-29(22-12-14-24(15-13-22)41-6-2)28(20(3)35-33(37)43-27)31(38)36-23-10-8-7-9-11-23/h1,7-15,17-19,29H,6,16H2,2-4H3,(H,36,38)/b27-19-/t29-/m0/s1. The number of terminal acetylenes is 1. The Hall–Kier alpha value is -4.59. The lowest BCUT2D eigenvalue weighted by Gasteiger charge is -2.25. The number of hydrogen-bond acceptors (Lipinski definition) is 7. The highest BCUT2D eigenvalue weighted by Crippen LogP contribution is 2.37. The molecule has 0 saturated heterocycles. The average molecular weight is 659 g/mol. The Labute approximate surface area is 261 Å². The molecule has 0 spiro atoms. The SMILES string of the molecule is C#CCOc1c(Br)cc(/C=c2\sc3n(c2=O)[C@@H](c2ccc(OCC)cc2)C(C(=O)Nc2ccccc2)=C(C)N=3)cc1OC. The molecule has 0 radical (unpaired) electrons. The van der Waals surface area contributed by atoms with Crippen molar-refractivity contribution in [2.45, 2.75) is 19.9 Å². The number of anilines is 1. The average Bonchev–Trinajstić information content (AvgIpc) is 3.30. The number of aromatic nitrogens is 1. The van der Waals surface area contributed by atoms with Crippen LogP contribution in [0.15, 0.2) is 92.3 Å². The molecule has 8 nitrogen and oxygen atoms in total. The fraction of sp³-hybridized carbons (Fsp3) is 0.182. The molecule has 43 heavy (non-hydrogen) atoms. The Morgan fingerprint density at radius 3 is 2.58 bits per heavy atom. The van der Waals surface area contributed by atoms with E-state index in [-0.39, 0.29) is 18.1 Å². The highest BCUT2D eigenvalue weighted by molar-refractivity contribution is 9.10. The van der Waals surface area contributed by atoms with Gasteiger partial charge in [0, 0.05) is 5.69 Å². The van der Waals surface area contributed by atoms with Crippen molar-refractivity contribution in [3.8, 4) is 29.6 Å². The van der Waals surface area contributed by atoms with Crippen molar-refractivity contribution in [2.24, 2.45) is 4.99 Å². The van der Waals surface area contributed by atoms with Gasteiger partial charge >= 0.3 is 0 Å². The number of fused-ring (bicyclic) bond motifs is 1. The number of halogens is 1. The molecule has 1 aromatic heterocycles. The molecule has 2 heterocycles. The number of benzene rings is 3. The van der Waals surface area contributed by atoms with Gasteiger partial charge < -0.3 is 19.5 Å². The molecule has 1 amide bonds. The highest BCUT2D eigenvalue weighted by Gasteiger charge is 2.32. The minimum atomic E-state index is -0.710. The maximum atomic E-state index is 14.1. The molecular weight excluding hydrogens is 630 g/mol. The molecule has 3 aromatic carbocycles. The Morgan fingerprint density at radius 1 is 1.16 bits per heavy atom. The van der Waals surface area contributed by atoms with Gasteiger partial charge in [-0.3, -0.25) is 14.2 Å². The van der Waals surface area contributed by atoms with Gasteiger partial charge in [-0.25, -0.2) is 4.99 Å². The first-order valence-corrected chi connectivity index (χ1v) is 15.0. The van der Waals surface area contributed by atoms with Crippen LogP contribution in [0, 0.1) is 12.3 Å². The molecule has 218 valence electrons. The molecule has 4 aromatic rings. The molecule has 0 fully saturated rings. The zero-order valence-corrected chi connectivity index (χ0v) is 26.1.